The minimum Gasteiger partial charge on any atom is -0.478 e. The molecule has 1 fully saturated rings. The van der Waals surface area contributed by atoms with Crippen molar-refractivity contribution < 1.29 is 14.7 Å². The fourth-order valence-corrected chi connectivity index (χ4v) is 2.85. The Bertz CT molecular complexity index is 862. The number of amides is 1. The zero-order valence-electron chi connectivity index (χ0n) is 12.5. The molecule has 0 radical (unpaired) electrons. The maximum absolute atomic E-state index is 11.1. The van der Waals surface area contributed by atoms with Crippen LogP contribution in [0.3, 0.4) is 0 Å². The summed E-state index contributed by atoms with van der Waals surface area (Å²) in [6.45, 7) is 0. The van der Waals surface area contributed by atoms with Crippen molar-refractivity contribution >= 4 is 35.0 Å². The third kappa shape index (κ3) is 3.69. The minimum absolute atomic E-state index is 0.0835. The number of carboxylic acids is 1. The van der Waals surface area contributed by atoms with E-state index in [-0.39, 0.29) is 11.5 Å². The third-order valence-corrected chi connectivity index (χ3v) is 4.18. The van der Waals surface area contributed by atoms with Crippen LogP contribution in [0.25, 0.3) is 11.1 Å². The molecule has 1 heterocycles. The molecule has 0 unspecified atom stereocenters. The van der Waals surface area contributed by atoms with Crippen molar-refractivity contribution in [2.45, 2.75) is 0 Å². The Morgan fingerprint density at radius 3 is 2.79 bits per heavy atom. The molecule has 0 spiro atoms. The van der Waals surface area contributed by atoms with Gasteiger partial charge in [0.2, 0.25) is 5.91 Å². The molecule has 1 saturated heterocycles. The second kappa shape index (κ2) is 7.10. The lowest BCUT2D eigenvalue weighted by Gasteiger charge is -2.06. The van der Waals surface area contributed by atoms with Crippen molar-refractivity contribution in [3.05, 3.63) is 59.7 Å². The Hall–Kier alpha value is -2.93. The van der Waals surface area contributed by atoms with Crippen LogP contribution >= 0.6 is 11.8 Å². The number of nitrogens with one attached hydrogen (secondary N) is 1. The lowest BCUT2D eigenvalue weighted by molar-refractivity contribution is -0.116. The summed E-state index contributed by atoms with van der Waals surface area (Å²) >= 11 is 1.30. The smallest absolute Gasteiger partial charge is 0.335 e. The highest BCUT2D eigenvalue weighted by molar-refractivity contribution is 8.15. The Morgan fingerprint density at radius 2 is 2.04 bits per heavy atom. The second-order valence-electron chi connectivity index (χ2n) is 4.96. The van der Waals surface area contributed by atoms with Crippen LogP contribution in [-0.4, -0.2) is 34.1 Å². The topological polar surface area (TPSA) is 91.1 Å². The van der Waals surface area contributed by atoms with Crippen LogP contribution in [-0.2, 0) is 4.79 Å². The average molecular weight is 339 g/mol. The molecule has 3 rings (SSSR count). The van der Waals surface area contributed by atoms with E-state index in [4.69, 9.17) is 5.11 Å². The standard InChI is InChI=1S/C17H13N3O3S/c21-15-10-24-17(19-15)20-18-9-13-4-1-2-7-14(13)11-5-3-6-12(8-11)16(22)23/h1-9H,10H2,(H,22,23)(H,19,20,21). The van der Waals surface area contributed by atoms with E-state index in [0.717, 1.165) is 16.7 Å². The van der Waals surface area contributed by atoms with Crippen LogP contribution in [0, 0.1) is 0 Å². The van der Waals surface area contributed by atoms with Crippen molar-refractivity contribution in [2.75, 3.05) is 5.75 Å². The first kappa shape index (κ1) is 15.9. The fourth-order valence-electron chi connectivity index (χ4n) is 2.21. The Labute approximate surface area is 142 Å². The number of carbonyl (C=O) groups excluding carboxylic acids is 1. The maximum Gasteiger partial charge on any atom is 0.335 e. The molecule has 0 aromatic heterocycles. The zero-order valence-corrected chi connectivity index (χ0v) is 13.3. The maximum atomic E-state index is 11.1. The third-order valence-electron chi connectivity index (χ3n) is 3.31. The van der Waals surface area contributed by atoms with Gasteiger partial charge in [-0.05, 0) is 23.3 Å². The van der Waals surface area contributed by atoms with Gasteiger partial charge >= 0.3 is 5.97 Å². The molecule has 0 aliphatic carbocycles. The zero-order chi connectivity index (χ0) is 16.9. The number of carboxylic acid groups (broad SMARTS) is 1. The summed E-state index contributed by atoms with van der Waals surface area (Å²) in [4.78, 5) is 22.2. The first-order valence-corrected chi connectivity index (χ1v) is 8.08. The van der Waals surface area contributed by atoms with Gasteiger partial charge in [-0.15, -0.1) is 5.10 Å². The molecule has 0 atom stereocenters. The lowest BCUT2D eigenvalue weighted by atomic mass is 9.99. The van der Waals surface area contributed by atoms with Gasteiger partial charge in [-0.2, -0.15) is 5.10 Å². The Balaban J connectivity index is 1.89. The minimum atomic E-state index is -0.969. The van der Waals surface area contributed by atoms with Gasteiger partial charge in [-0.25, -0.2) is 4.79 Å². The molecule has 2 aromatic carbocycles. The van der Waals surface area contributed by atoms with Crippen LogP contribution in [0.5, 0.6) is 0 Å². The van der Waals surface area contributed by atoms with Gasteiger partial charge < -0.3 is 10.4 Å². The number of amidine groups is 1. The quantitative estimate of drug-likeness (QED) is 0.662. The average Bonchev–Trinajstić information content (AvgIpc) is 3.01. The number of aromatic carboxylic acids is 1. The summed E-state index contributed by atoms with van der Waals surface area (Å²) < 4.78 is 0. The van der Waals surface area contributed by atoms with E-state index in [1.165, 1.54) is 11.8 Å². The summed E-state index contributed by atoms with van der Waals surface area (Å²) in [7, 11) is 0. The van der Waals surface area contributed by atoms with Crippen LogP contribution in [0.1, 0.15) is 15.9 Å². The van der Waals surface area contributed by atoms with E-state index in [9.17, 15) is 9.59 Å². The number of hydrogen-bond donors (Lipinski definition) is 2. The first-order valence-electron chi connectivity index (χ1n) is 7.10. The van der Waals surface area contributed by atoms with E-state index in [1.807, 2.05) is 30.3 Å². The molecular formula is C17H13N3O3S. The fraction of sp³-hybridized carbons (Fsp3) is 0.0588. The predicted molar refractivity (Wildman–Crippen MR) is 94.5 cm³/mol. The van der Waals surface area contributed by atoms with E-state index in [0.29, 0.717) is 10.9 Å². The van der Waals surface area contributed by atoms with Gasteiger partial charge in [0.25, 0.3) is 0 Å². The number of hydrogen-bond acceptors (Lipinski definition) is 5. The number of thioether (sulfide) groups is 1. The van der Waals surface area contributed by atoms with Gasteiger partial charge in [0.15, 0.2) is 5.17 Å². The highest BCUT2D eigenvalue weighted by Gasteiger charge is 2.16. The SMILES string of the molecule is O=C1CSC(=NN=Cc2ccccc2-c2cccc(C(=O)O)c2)N1. The van der Waals surface area contributed by atoms with E-state index in [1.54, 1.807) is 24.4 Å². The van der Waals surface area contributed by atoms with Crippen LogP contribution in [0.2, 0.25) is 0 Å². The number of carbonyl (C=O) groups is 2. The molecule has 120 valence electrons. The molecule has 6 nitrogen and oxygen atoms in total. The van der Waals surface area contributed by atoms with Gasteiger partial charge in [0.1, 0.15) is 0 Å². The molecule has 2 aromatic rings. The lowest BCUT2D eigenvalue weighted by Crippen LogP contribution is -2.19. The van der Waals surface area contributed by atoms with Crippen LogP contribution in [0.4, 0.5) is 0 Å². The highest BCUT2D eigenvalue weighted by Crippen LogP contribution is 2.23. The summed E-state index contributed by atoms with van der Waals surface area (Å²) in [5, 5.41) is 20.2. The molecule has 7 heteroatoms. The van der Waals surface area contributed by atoms with Crippen molar-refractivity contribution in [3.8, 4) is 11.1 Å². The van der Waals surface area contributed by atoms with Crippen molar-refractivity contribution in [2.24, 2.45) is 10.2 Å². The molecule has 2 N–H and O–H groups in total. The summed E-state index contributed by atoms with van der Waals surface area (Å²) in [5.74, 6) is -0.698. The summed E-state index contributed by atoms with van der Waals surface area (Å²) in [6.07, 6.45) is 1.58. The largest absolute Gasteiger partial charge is 0.478 e. The van der Waals surface area contributed by atoms with Crippen molar-refractivity contribution in [1.29, 1.82) is 0 Å². The van der Waals surface area contributed by atoms with Crippen molar-refractivity contribution in [1.82, 2.24) is 5.32 Å². The van der Waals surface area contributed by atoms with E-state index in [2.05, 4.69) is 15.5 Å². The van der Waals surface area contributed by atoms with Crippen LogP contribution < -0.4 is 5.32 Å². The first-order chi connectivity index (χ1) is 11.6. The Kier molecular flexibility index (Phi) is 4.72. The van der Waals surface area contributed by atoms with Gasteiger partial charge in [0, 0.05) is 5.56 Å². The molecular weight excluding hydrogens is 326 g/mol. The molecule has 1 amide bonds. The van der Waals surface area contributed by atoms with Crippen LogP contribution in [0.15, 0.2) is 58.7 Å². The second-order valence-corrected chi connectivity index (χ2v) is 5.92. The van der Waals surface area contributed by atoms with Gasteiger partial charge in [0.05, 0.1) is 17.5 Å². The van der Waals surface area contributed by atoms with Crippen molar-refractivity contribution in [3.63, 3.8) is 0 Å². The van der Waals surface area contributed by atoms with E-state index >= 15 is 0 Å². The molecule has 0 bridgehead atoms. The summed E-state index contributed by atoms with van der Waals surface area (Å²) in [5.41, 5.74) is 2.67. The number of benzene rings is 2. The molecule has 1 aliphatic heterocycles. The summed E-state index contributed by atoms with van der Waals surface area (Å²) in [6, 6.07) is 14.2. The normalized spacial score (nSPS) is 15.8. The molecule has 1 aliphatic rings. The van der Waals surface area contributed by atoms with Gasteiger partial charge in [-0.1, -0.05) is 48.2 Å². The molecule has 24 heavy (non-hydrogen) atoms. The predicted octanol–water partition coefficient (Wildman–Crippen LogP) is 2.60. The van der Waals surface area contributed by atoms with Gasteiger partial charge in [-0.3, -0.25) is 4.79 Å². The Morgan fingerprint density at radius 1 is 1.21 bits per heavy atom. The number of rotatable bonds is 4. The molecule has 0 saturated carbocycles. The monoisotopic (exact) mass is 339 g/mol. The van der Waals surface area contributed by atoms with E-state index < -0.39 is 5.97 Å². The highest BCUT2D eigenvalue weighted by atomic mass is 32.2. The number of nitrogens with zero attached hydrogens (tertiary/aromatic N) is 2.